The van der Waals surface area contributed by atoms with Gasteiger partial charge in [0.25, 0.3) is 0 Å². The van der Waals surface area contributed by atoms with Crippen LogP contribution in [0.1, 0.15) is 30.5 Å². The first-order valence-electron chi connectivity index (χ1n) is 7.61. The average Bonchev–Trinajstić information content (AvgIpc) is 2.59. The Labute approximate surface area is 152 Å². The number of hydrogen-bond donors (Lipinski definition) is 1. The number of amides is 1. The standard InChI is InChI=1S/C19H19Cl2NO2/c1-3-18(14-5-9-16(24-2)10-6-14)22-19(23)11-7-13-4-8-15(20)12-17(13)21/h4-12,18H,3H2,1-2H3,(H,22,23)/b11-7+. The van der Waals surface area contributed by atoms with Gasteiger partial charge >= 0.3 is 0 Å². The summed E-state index contributed by atoms with van der Waals surface area (Å²) < 4.78 is 5.15. The Morgan fingerprint density at radius 2 is 1.92 bits per heavy atom. The molecule has 24 heavy (non-hydrogen) atoms. The molecule has 2 aromatic rings. The molecule has 0 radical (unpaired) electrons. The number of benzene rings is 2. The van der Waals surface area contributed by atoms with Crippen molar-refractivity contribution in [3.8, 4) is 5.75 Å². The van der Waals surface area contributed by atoms with E-state index in [0.717, 1.165) is 23.3 Å². The molecule has 0 heterocycles. The molecule has 2 rings (SSSR count). The van der Waals surface area contributed by atoms with Crippen LogP contribution in [0.25, 0.3) is 6.08 Å². The molecular weight excluding hydrogens is 345 g/mol. The molecule has 1 amide bonds. The van der Waals surface area contributed by atoms with Gasteiger partial charge in [-0.1, -0.05) is 48.3 Å². The summed E-state index contributed by atoms with van der Waals surface area (Å²) in [6, 6.07) is 12.8. The van der Waals surface area contributed by atoms with Crippen LogP contribution in [0.4, 0.5) is 0 Å². The molecule has 0 aliphatic heterocycles. The fourth-order valence-corrected chi connectivity index (χ4v) is 2.75. The summed E-state index contributed by atoms with van der Waals surface area (Å²) in [6.45, 7) is 2.02. The molecule has 3 nitrogen and oxygen atoms in total. The molecule has 1 unspecified atom stereocenters. The van der Waals surface area contributed by atoms with Gasteiger partial charge in [-0.25, -0.2) is 0 Å². The number of hydrogen-bond acceptors (Lipinski definition) is 2. The van der Waals surface area contributed by atoms with Crippen molar-refractivity contribution in [2.75, 3.05) is 7.11 Å². The maximum absolute atomic E-state index is 12.2. The quantitative estimate of drug-likeness (QED) is 0.708. The smallest absolute Gasteiger partial charge is 0.244 e. The highest BCUT2D eigenvalue weighted by Gasteiger charge is 2.11. The fourth-order valence-electron chi connectivity index (χ4n) is 2.28. The van der Waals surface area contributed by atoms with Gasteiger partial charge in [-0.3, -0.25) is 4.79 Å². The average molecular weight is 364 g/mol. The molecule has 0 fully saturated rings. The zero-order chi connectivity index (χ0) is 17.5. The van der Waals surface area contributed by atoms with E-state index < -0.39 is 0 Å². The molecule has 1 atom stereocenters. The number of carbonyl (C=O) groups excluding carboxylic acids is 1. The third kappa shape index (κ3) is 5.02. The van der Waals surface area contributed by atoms with Crippen LogP contribution in [0.2, 0.25) is 10.0 Å². The first kappa shape index (κ1) is 18.4. The Morgan fingerprint density at radius 1 is 1.21 bits per heavy atom. The predicted octanol–water partition coefficient (Wildman–Crippen LogP) is 5.28. The first-order chi connectivity index (χ1) is 11.5. The van der Waals surface area contributed by atoms with Crippen molar-refractivity contribution in [2.45, 2.75) is 19.4 Å². The van der Waals surface area contributed by atoms with E-state index in [1.807, 2.05) is 31.2 Å². The molecule has 0 aliphatic carbocycles. The molecule has 0 bridgehead atoms. The summed E-state index contributed by atoms with van der Waals surface area (Å²) >= 11 is 12.0. The number of carbonyl (C=O) groups is 1. The summed E-state index contributed by atoms with van der Waals surface area (Å²) in [5, 5.41) is 4.06. The highest BCUT2D eigenvalue weighted by Crippen LogP contribution is 2.22. The third-order valence-corrected chi connectivity index (χ3v) is 4.18. The predicted molar refractivity (Wildman–Crippen MR) is 99.7 cm³/mol. The molecule has 5 heteroatoms. The van der Waals surface area contributed by atoms with Gasteiger partial charge in [0, 0.05) is 16.1 Å². The highest BCUT2D eigenvalue weighted by molar-refractivity contribution is 6.35. The SMILES string of the molecule is CCC(NC(=O)/C=C/c1ccc(Cl)cc1Cl)c1ccc(OC)cc1. The third-order valence-electron chi connectivity index (χ3n) is 3.62. The van der Waals surface area contributed by atoms with Gasteiger partial charge in [0.1, 0.15) is 5.75 Å². The molecule has 126 valence electrons. The number of halogens is 2. The van der Waals surface area contributed by atoms with E-state index in [0.29, 0.717) is 10.0 Å². The zero-order valence-electron chi connectivity index (χ0n) is 13.6. The van der Waals surface area contributed by atoms with E-state index in [9.17, 15) is 4.79 Å². The number of nitrogens with one attached hydrogen (secondary N) is 1. The van der Waals surface area contributed by atoms with Crippen molar-refractivity contribution < 1.29 is 9.53 Å². The maximum atomic E-state index is 12.2. The Hall–Kier alpha value is -1.97. The lowest BCUT2D eigenvalue weighted by molar-refractivity contribution is -0.117. The van der Waals surface area contributed by atoms with E-state index in [4.69, 9.17) is 27.9 Å². The minimum absolute atomic E-state index is 0.0613. The summed E-state index contributed by atoms with van der Waals surface area (Å²) in [6.07, 6.45) is 3.93. The first-order valence-corrected chi connectivity index (χ1v) is 8.36. The van der Waals surface area contributed by atoms with E-state index in [2.05, 4.69) is 5.32 Å². The van der Waals surface area contributed by atoms with Gasteiger partial charge in [0.2, 0.25) is 5.91 Å². The lowest BCUT2D eigenvalue weighted by Crippen LogP contribution is -2.26. The van der Waals surface area contributed by atoms with Crippen molar-refractivity contribution >= 4 is 35.2 Å². The molecule has 2 aromatic carbocycles. The van der Waals surface area contributed by atoms with Crippen LogP contribution in [0.15, 0.2) is 48.5 Å². The lowest BCUT2D eigenvalue weighted by Gasteiger charge is -2.16. The Kier molecular flexibility index (Phi) is 6.71. The summed E-state index contributed by atoms with van der Waals surface area (Å²) in [4.78, 5) is 12.2. The van der Waals surface area contributed by atoms with E-state index >= 15 is 0 Å². The Balaban J connectivity index is 2.04. The largest absolute Gasteiger partial charge is 0.497 e. The monoisotopic (exact) mass is 363 g/mol. The van der Waals surface area contributed by atoms with Gasteiger partial charge in [0.15, 0.2) is 0 Å². The fraction of sp³-hybridized carbons (Fsp3) is 0.211. The summed E-state index contributed by atoms with van der Waals surface area (Å²) in [5.74, 6) is 0.612. The molecule has 0 saturated carbocycles. The zero-order valence-corrected chi connectivity index (χ0v) is 15.1. The van der Waals surface area contributed by atoms with Crippen molar-refractivity contribution in [2.24, 2.45) is 0 Å². The minimum Gasteiger partial charge on any atom is -0.497 e. The minimum atomic E-state index is -0.177. The van der Waals surface area contributed by atoms with Gasteiger partial charge < -0.3 is 10.1 Å². The summed E-state index contributed by atoms with van der Waals surface area (Å²) in [5.41, 5.74) is 1.78. The summed E-state index contributed by atoms with van der Waals surface area (Å²) in [7, 11) is 1.63. The van der Waals surface area contributed by atoms with Gasteiger partial charge in [-0.2, -0.15) is 0 Å². The van der Waals surface area contributed by atoms with Gasteiger partial charge in [-0.15, -0.1) is 0 Å². The van der Waals surface area contributed by atoms with E-state index in [1.165, 1.54) is 6.08 Å². The molecular formula is C19H19Cl2NO2. The van der Waals surface area contributed by atoms with E-state index in [-0.39, 0.29) is 11.9 Å². The lowest BCUT2D eigenvalue weighted by atomic mass is 10.0. The van der Waals surface area contributed by atoms with Crippen molar-refractivity contribution in [1.29, 1.82) is 0 Å². The van der Waals surface area contributed by atoms with Crippen molar-refractivity contribution in [3.63, 3.8) is 0 Å². The second-order valence-electron chi connectivity index (χ2n) is 5.24. The Bertz CT molecular complexity index is 727. The molecule has 1 N–H and O–H groups in total. The number of ether oxygens (including phenoxy) is 1. The van der Waals surface area contributed by atoms with Crippen LogP contribution < -0.4 is 10.1 Å². The second kappa shape index (κ2) is 8.76. The number of methoxy groups -OCH3 is 1. The van der Waals surface area contributed by atoms with Gasteiger partial charge in [-0.05, 0) is 47.9 Å². The van der Waals surface area contributed by atoms with E-state index in [1.54, 1.807) is 31.4 Å². The molecule has 0 saturated heterocycles. The van der Waals surface area contributed by atoms with Gasteiger partial charge in [0.05, 0.1) is 13.2 Å². The second-order valence-corrected chi connectivity index (χ2v) is 6.09. The van der Waals surface area contributed by atoms with Crippen LogP contribution in [0.3, 0.4) is 0 Å². The van der Waals surface area contributed by atoms with Crippen molar-refractivity contribution in [1.82, 2.24) is 5.32 Å². The van der Waals surface area contributed by atoms with Crippen LogP contribution in [-0.2, 0) is 4.79 Å². The van der Waals surface area contributed by atoms with Crippen LogP contribution >= 0.6 is 23.2 Å². The number of rotatable bonds is 6. The molecule has 0 aromatic heterocycles. The van der Waals surface area contributed by atoms with Crippen molar-refractivity contribution in [3.05, 3.63) is 69.7 Å². The van der Waals surface area contributed by atoms with Crippen LogP contribution in [0, 0.1) is 0 Å². The topological polar surface area (TPSA) is 38.3 Å². The van der Waals surface area contributed by atoms with Crippen LogP contribution in [0.5, 0.6) is 5.75 Å². The molecule has 0 spiro atoms. The van der Waals surface area contributed by atoms with Crippen LogP contribution in [-0.4, -0.2) is 13.0 Å². The maximum Gasteiger partial charge on any atom is 0.244 e. The normalized spacial score (nSPS) is 12.2. The highest BCUT2D eigenvalue weighted by atomic mass is 35.5. The molecule has 0 aliphatic rings. The Morgan fingerprint density at radius 3 is 2.50 bits per heavy atom.